The van der Waals surface area contributed by atoms with E-state index in [1.807, 2.05) is 19.1 Å². The van der Waals surface area contributed by atoms with Crippen molar-refractivity contribution in [3.63, 3.8) is 0 Å². The zero-order chi connectivity index (χ0) is 15.1. The number of imidazole rings is 1. The van der Waals surface area contributed by atoms with Gasteiger partial charge in [-0.2, -0.15) is 0 Å². The van der Waals surface area contributed by atoms with Crippen molar-refractivity contribution in [3.8, 4) is 0 Å². The normalized spacial score (nSPS) is 11.7. The van der Waals surface area contributed by atoms with E-state index < -0.39 is 10.0 Å². The highest BCUT2D eigenvalue weighted by Crippen LogP contribution is 2.10. The van der Waals surface area contributed by atoms with E-state index in [1.54, 1.807) is 24.7 Å². The molecule has 0 saturated carbocycles. The first-order valence-corrected chi connectivity index (χ1v) is 8.36. The van der Waals surface area contributed by atoms with E-state index in [1.165, 1.54) is 0 Å². The van der Waals surface area contributed by atoms with Gasteiger partial charge in [0.1, 0.15) is 0 Å². The van der Waals surface area contributed by atoms with Crippen molar-refractivity contribution in [1.29, 1.82) is 0 Å². The Morgan fingerprint density at radius 3 is 2.62 bits per heavy atom. The van der Waals surface area contributed by atoms with Gasteiger partial charge in [0.05, 0.1) is 11.2 Å². The first-order valence-electron chi connectivity index (χ1n) is 6.88. The second kappa shape index (κ2) is 7.35. The highest BCUT2D eigenvalue weighted by atomic mass is 32.2. The van der Waals surface area contributed by atoms with Gasteiger partial charge in [-0.25, -0.2) is 18.1 Å². The largest absolute Gasteiger partial charge is 0.348 e. The van der Waals surface area contributed by atoms with Crippen LogP contribution in [0.4, 0.5) is 0 Å². The van der Waals surface area contributed by atoms with Crippen LogP contribution in [0.25, 0.3) is 0 Å². The standard InChI is InChI=1S/C14H20N4O2S/c1-2-15-9-12-3-5-14(6-4-12)21(19,20)18-8-7-13-10-16-11-17-13/h3-6,10-11,15,18H,2,7-9H2,1H3,(H,16,17). The zero-order valence-corrected chi connectivity index (χ0v) is 12.8. The maximum absolute atomic E-state index is 12.1. The summed E-state index contributed by atoms with van der Waals surface area (Å²) < 4.78 is 26.9. The molecule has 0 saturated heterocycles. The molecule has 1 heterocycles. The smallest absolute Gasteiger partial charge is 0.240 e. The summed E-state index contributed by atoms with van der Waals surface area (Å²) in [7, 11) is -3.46. The molecule has 21 heavy (non-hydrogen) atoms. The van der Waals surface area contributed by atoms with Crippen molar-refractivity contribution in [2.75, 3.05) is 13.1 Å². The third-order valence-electron chi connectivity index (χ3n) is 3.05. The van der Waals surface area contributed by atoms with Gasteiger partial charge in [0.15, 0.2) is 0 Å². The third-order valence-corrected chi connectivity index (χ3v) is 4.53. The molecule has 2 rings (SSSR count). The molecule has 0 unspecified atom stereocenters. The molecular formula is C14H20N4O2S. The van der Waals surface area contributed by atoms with Crippen LogP contribution in [0.2, 0.25) is 0 Å². The second-order valence-electron chi connectivity index (χ2n) is 4.65. The van der Waals surface area contributed by atoms with Crippen LogP contribution in [0.15, 0.2) is 41.7 Å². The number of H-pyrrole nitrogens is 1. The predicted octanol–water partition coefficient (Wildman–Crippen LogP) is 1.04. The van der Waals surface area contributed by atoms with Gasteiger partial charge < -0.3 is 10.3 Å². The summed E-state index contributed by atoms with van der Waals surface area (Å²) in [5.74, 6) is 0. The van der Waals surface area contributed by atoms with Crippen LogP contribution in [-0.4, -0.2) is 31.5 Å². The number of nitrogens with zero attached hydrogens (tertiary/aromatic N) is 1. The minimum absolute atomic E-state index is 0.285. The summed E-state index contributed by atoms with van der Waals surface area (Å²) in [5, 5.41) is 3.20. The molecule has 0 aliphatic carbocycles. The van der Waals surface area contributed by atoms with E-state index in [0.717, 1.165) is 24.3 Å². The molecule has 1 aromatic carbocycles. The van der Waals surface area contributed by atoms with Crippen LogP contribution >= 0.6 is 0 Å². The quantitative estimate of drug-likeness (QED) is 0.680. The lowest BCUT2D eigenvalue weighted by molar-refractivity contribution is 0.581. The number of aromatic amines is 1. The number of hydrogen-bond acceptors (Lipinski definition) is 4. The lowest BCUT2D eigenvalue weighted by Gasteiger charge is -2.07. The maximum atomic E-state index is 12.1. The molecule has 0 radical (unpaired) electrons. The predicted molar refractivity (Wildman–Crippen MR) is 81.3 cm³/mol. The molecule has 7 heteroatoms. The Balaban J connectivity index is 1.92. The van der Waals surface area contributed by atoms with Crippen molar-refractivity contribution in [1.82, 2.24) is 20.0 Å². The van der Waals surface area contributed by atoms with Gasteiger partial charge in [-0.3, -0.25) is 0 Å². The molecule has 0 atom stereocenters. The molecule has 114 valence electrons. The highest BCUT2D eigenvalue weighted by Gasteiger charge is 2.13. The summed E-state index contributed by atoms with van der Waals surface area (Å²) in [6.07, 6.45) is 3.84. The number of sulfonamides is 1. The molecule has 0 amide bonds. The molecule has 0 fully saturated rings. The molecular weight excluding hydrogens is 288 g/mol. The van der Waals surface area contributed by atoms with Gasteiger partial charge >= 0.3 is 0 Å². The maximum Gasteiger partial charge on any atom is 0.240 e. The van der Waals surface area contributed by atoms with Gasteiger partial charge in [-0.05, 0) is 24.2 Å². The fourth-order valence-corrected chi connectivity index (χ4v) is 2.91. The van der Waals surface area contributed by atoms with Crippen LogP contribution < -0.4 is 10.0 Å². The van der Waals surface area contributed by atoms with Crippen LogP contribution in [0, 0.1) is 0 Å². The number of aromatic nitrogens is 2. The van der Waals surface area contributed by atoms with Crippen LogP contribution in [-0.2, 0) is 23.0 Å². The number of nitrogens with one attached hydrogen (secondary N) is 3. The lowest BCUT2D eigenvalue weighted by atomic mass is 10.2. The van der Waals surface area contributed by atoms with Gasteiger partial charge in [-0.1, -0.05) is 19.1 Å². The number of rotatable bonds is 8. The average molecular weight is 308 g/mol. The number of hydrogen-bond donors (Lipinski definition) is 3. The first-order chi connectivity index (χ1) is 10.1. The summed E-state index contributed by atoms with van der Waals surface area (Å²) in [6.45, 7) is 3.99. The third kappa shape index (κ3) is 4.66. The molecule has 3 N–H and O–H groups in total. The summed E-state index contributed by atoms with van der Waals surface area (Å²) >= 11 is 0. The van der Waals surface area contributed by atoms with Gasteiger partial charge in [0.25, 0.3) is 0 Å². The molecule has 2 aromatic rings. The first kappa shape index (κ1) is 15.7. The second-order valence-corrected chi connectivity index (χ2v) is 6.42. The Labute approximate surface area is 125 Å². The van der Waals surface area contributed by atoms with Crippen molar-refractivity contribution in [3.05, 3.63) is 48.0 Å². The molecule has 0 aliphatic heterocycles. The summed E-state index contributed by atoms with van der Waals surface area (Å²) in [4.78, 5) is 7.11. The van der Waals surface area contributed by atoms with Crippen molar-refractivity contribution in [2.24, 2.45) is 0 Å². The Morgan fingerprint density at radius 1 is 1.24 bits per heavy atom. The fraction of sp³-hybridized carbons (Fsp3) is 0.357. The minimum Gasteiger partial charge on any atom is -0.348 e. The molecule has 0 aliphatic rings. The van der Waals surface area contributed by atoms with E-state index >= 15 is 0 Å². The zero-order valence-electron chi connectivity index (χ0n) is 12.0. The van der Waals surface area contributed by atoms with Gasteiger partial charge in [0, 0.05) is 31.4 Å². The van der Waals surface area contributed by atoms with Gasteiger partial charge in [-0.15, -0.1) is 0 Å². The Hall–Kier alpha value is -1.70. The van der Waals surface area contributed by atoms with Gasteiger partial charge in [0.2, 0.25) is 10.0 Å². The lowest BCUT2D eigenvalue weighted by Crippen LogP contribution is -2.26. The van der Waals surface area contributed by atoms with E-state index in [0.29, 0.717) is 13.0 Å². The molecule has 0 spiro atoms. The van der Waals surface area contributed by atoms with E-state index in [2.05, 4.69) is 20.0 Å². The summed E-state index contributed by atoms with van der Waals surface area (Å²) in [6, 6.07) is 6.91. The van der Waals surface area contributed by atoms with Crippen LogP contribution in [0.5, 0.6) is 0 Å². The van der Waals surface area contributed by atoms with Crippen molar-refractivity contribution < 1.29 is 8.42 Å². The van der Waals surface area contributed by atoms with Crippen molar-refractivity contribution in [2.45, 2.75) is 24.8 Å². The Bertz CT molecular complexity index is 636. The Kier molecular flexibility index (Phi) is 5.49. The van der Waals surface area contributed by atoms with E-state index in [4.69, 9.17) is 0 Å². The topological polar surface area (TPSA) is 86.9 Å². The molecule has 6 nitrogen and oxygen atoms in total. The summed E-state index contributed by atoms with van der Waals surface area (Å²) in [5.41, 5.74) is 1.96. The highest BCUT2D eigenvalue weighted by molar-refractivity contribution is 7.89. The average Bonchev–Trinajstić information content (AvgIpc) is 2.98. The molecule has 1 aromatic heterocycles. The van der Waals surface area contributed by atoms with Crippen LogP contribution in [0.3, 0.4) is 0 Å². The Morgan fingerprint density at radius 2 is 2.00 bits per heavy atom. The van der Waals surface area contributed by atoms with E-state index in [-0.39, 0.29) is 4.90 Å². The van der Waals surface area contributed by atoms with E-state index in [9.17, 15) is 8.42 Å². The molecule has 0 bridgehead atoms. The minimum atomic E-state index is -3.46. The van der Waals surface area contributed by atoms with Crippen molar-refractivity contribution >= 4 is 10.0 Å². The fourth-order valence-electron chi connectivity index (χ4n) is 1.88. The number of benzene rings is 1. The van der Waals surface area contributed by atoms with Crippen LogP contribution in [0.1, 0.15) is 18.2 Å². The SMILES string of the molecule is CCNCc1ccc(S(=O)(=O)NCCc2cnc[nH]2)cc1. The monoisotopic (exact) mass is 308 g/mol.